The first-order valence-electron chi connectivity index (χ1n) is 8.28. The van der Waals surface area contributed by atoms with Gasteiger partial charge in [-0.05, 0) is 35.6 Å². The number of aromatic nitrogens is 2. The predicted octanol–water partition coefficient (Wildman–Crippen LogP) is 2.72. The average Bonchev–Trinajstić information content (AvgIpc) is 2.93. The Morgan fingerprint density at radius 2 is 2.00 bits per heavy atom. The Bertz CT molecular complexity index is 707. The predicted molar refractivity (Wildman–Crippen MR) is 92.9 cm³/mol. The van der Waals surface area contributed by atoms with E-state index in [1.165, 1.54) is 0 Å². The second-order valence-electron chi connectivity index (χ2n) is 7.19. The highest BCUT2D eigenvalue weighted by Crippen LogP contribution is 2.65. The van der Waals surface area contributed by atoms with Crippen LogP contribution in [0.25, 0.3) is 0 Å². The Kier molecular flexibility index (Phi) is 4.11. The summed E-state index contributed by atoms with van der Waals surface area (Å²) in [6.45, 7) is 5.68. The van der Waals surface area contributed by atoms with Gasteiger partial charge in [0, 0.05) is 26.0 Å². The van der Waals surface area contributed by atoms with Crippen LogP contribution in [0.2, 0.25) is 0 Å². The number of benzene rings is 1. The topological polar surface area (TPSA) is 47.4 Å². The molecule has 1 aliphatic carbocycles. The van der Waals surface area contributed by atoms with E-state index in [-0.39, 0.29) is 11.3 Å². The van der Waals surface area contributed by atoms with E-state index in [9.17, 15) is 4.79 Å². The molecule has 0 radical (unpaired) electrons. The lowest BCUT2D eigenvalue weighted by molar-refractivity contribution is -0.133. The van der Waals surface area contributed by atoms with E-state index in [0.717, 1.165) is 17.7 Å². The zero-order valence-electron chi connectivity index (χ0n) is 14.8. The number of amides is 1. The van der Waals surface area contributed by atoms with Crippen molar-refractivity contribution < 1.29 is 9.53 Å². The third-order valence-corrected chi connectivity index (χ3v) is 5.26. The molecule has 3 rings (SSSR count). The first-order chi connectivity index (χ1) is 11.4. The van der Waals surface area contributed by atoms with Crippen LogP contribution in [0.5, 0.6) is 5.75 Å². The number of rotatable bonds is 6. The summed E-state index contributed by atoms with van der Waals surface area (Å²) in [4.78, 5) is 15.1. The van der Waals surface area contributed by atoms with Crippen LogP contribution in [-0.2, 0) is 16.8 Å². The van der Waals surface area contributed by atoms with Crippen LogP contribution in [0.3, 0.4) is 0 Å². The molecule has 0 unspecified atom stereocenters. The maximum atomic E-state index is 13.2. The summed E-state index contributed by atoms with van der Waals surface area (Å²) in [6.07, 6.45) is 4.54. The fraction of sp³-hybridized carbons (Fsp3) is 0.474. The van der Waals surface area contributed by atoms with Crippen LogP contribution in [0.4, 0.5) is 0 Å². The number of carbonyl (C=O) groups is 1. The molecule has 0 N–H and O–H groups in total. The van der Waals surface area contributed by atoms with Crippen LogP contribution < -0.4 is 4.74 Å². The van der Waals surface area contributed by atoms with Gasteiger partial charge in [0.1, 0.15) is 5.75 Å². The van der Waals surface area contributed by atoms with Crippen molar-refractivity contribution in [3.63, 3.8) is 0 Å². The van der Waals surface area contributed by atoms with E-state index < -0.39 is 5.41 Å². The summed E-state index contributed by atoms with van der Waals surface area (Å²) in [6, 6.07) is 9.80. The van der Waals surface area contributed by atoms with Gasteiger partial charge in [0.2, 0.25) is 5.91 Å². The van der Waals surface area contributed by atoms with Gasteiger partial charge in [-0.2, -0.15) is 5.10 Å². The SMILES string of the molecule is COc1ccc([C@@]2(C(=O)N(C)CCn3cccn3)CC2(C)C)cc1. The first-order valence-corrected chi connectivity index (χ1v) is 8.28. The Morgan fingerprint density at radius 3 is 2.50 bits per heavy atom. The van der Waals surface area contributed by atoms with E-state index >= 15 is 0 Å². The summed E-state index contributed by atoms with van der Waals surface area (Å²) >= 11 is 0. The van der Waals surface area contributed by atoms with Gasteiger partial charge in [0.25, 0.3) is 0 Å². The summed E-state index contributed by atoms with van der Waals surface area (Å²) in [7, 11) is 3.53. The smallest absolute Gasteiger partial charge is 0.233 e. The minimum absolute atomic E-state index is 0.0291. The van der Waals surface area contributed by atoms with Gasteiger partial charge < -0.3 is 9.64 Å². The van der Waals surface area contributed by atoms with Crippen LogP contribution in [0.15, 0.2) is 42.7 Å². The second-order valence-corrected chi connectivity index (χ2v) is 7.19. The molecule has 24 heavy (non-hydrogen) atoms. The lowest BCUT2D eigenvalue weighted by Crippen LogP contribution is -2.40. The summed E-state index contributed by atoms with van der Waals surface area (Å²) in [5.74, 6) is 0.997. The minimum atomic E-state index is -0.432. The maximum absolute atomic E-state index is 13.2. The standard InChI is InChI=1S/C19H25N3O2/c1-18(2)14-19(18,15-6-8-16(24-4)9-7-15)17(23)21(3)12-13-22-11-5-10-20-22/h5-11H,12-14H2,1-4H3/t19-/m1/s1. The molecule has 1 aliphatic rings. The molecule has 5 heteroatoms. The number of hydrogen-bond acceptors (Lipinski definition) is 3. The first kappa shape index (κ1) is 16.6. The zero-order chi connectivity index (χ0) is 17.4. The van der Waals surface area contributed by atoms with Crippen molar-refractivity contribution in [3.05, 3.63) is 48.3 Å². The quantitative estimate of drug-likeness (QED) is 0.819. The number of ether oxygens (including phenoxy) is 1. The molecule has 5 nitrogen and oxygen atoms in total. The highest BCUT2D eigenvalue weighted by atomic mass is 16.5. The van der Waals surface area contributed by atoms with E-state index in [2.05, 4.69) is 18.9 Å². The average molecular weight is 327 g/mol. The normalized spacial score (nSPS) is 21.3. The van der Waals surface area contributed by atoms with Crippen molar-refractivity contribution in [3.8, 4) is 5.75 Å². The van der Waals surface area contributed by atoms with Gasteiger partial charge in [-0.15, -0.1) is 0 Å². The van der Waals surface area contributed by atoms with E-state index in [0.29, 0.717) is 13.1 Å². The highest BCUT2D eigenvalue weighted by Gasteiger charge is 2.67. The fourth-order valence-electron chi connectivity index (χ4n) is 3.59. The molecule has 1 atom stereocenters. The van der Waals surface area contributed by atoms with Crippen LogP contribution in [-0.4, -0.2) is 41.3 Å². The number of hydrogen-bond donors (Lipinski definition) is 0. The van der Waals surface area contributed by atoms with Gasteiger partial charge in [-0.25, -0.2) is 0 Å². The van der Waals surface area contributed by atoms with E-state index in [4.69, 9.17) is 4.74 Å². The van der Waals surface area contributed by atoms with Crippen molar-refractivity contribution in [2.24, 2.45) is 5.41 Å². The molecule has 1 fully saturated rings. The van der Waals surface area contributed by atoms with E-state index in [1.54, 1.807) is 13.3 Å². The van der Waals surface area contributed by atoms with Gasteiger partial charge in [-0.3, -0.25) is 9.48 Å². The minimum Gasteiger partial charge on any atom is -0.497 e. The molecule has 128 valence electrons. The van der Waals surface area contributed by atoms with Gasteiger partial charge in [-0.1, -0.05) is 26.0 Å². The largest absolute Gasteiger partial charge is 0.497 e. The van der Waals surface area contributed by atoms with Crippen molar-refractivity contribution in [1.29, 1.82) is 0 Å². The third kappa shape index (κ3) is 2.68. The number of carbonyl (C=O) groups excluding carboxylic acids is 1. The molecular weight excluding hydrogens is 302 g/mol. The molecule has 1 aromatic carbocycles. The summed E-state index contributed by atoms with van der Waals surface area (Å²) < 4.78 is 7.09. The monoisotopic (exact) mass is 327 g/mol. The Labute approximate surface area is 143 Å². The Hall–Kier alpha value is -2.30. The van der Waals surface area contributed by atoms with Crippen molar-refractivity contribution in [1.82, 2.24) is 14.7 Å². The Balaban J connectivity index is 1.78. The van der Waals surface area contributed by atoms with Crippen LogP contribution >= 0.6 is 0 Å². The van der Waals surface area contributed by atoms with Crippen molar-refractivity contribution in [2.45, 2.75) is 32.2 Å². The molecule has 1 amide bonds. The molecule has 0 saturated heterocycles. The van der Waals surface area contributed by atoms with Crippen LogP contribution in [0.1, 0.15) is 25.8 Å². The van der Waals surface area contributed by atoms with Gasteiger partial charge in [0.15, 0.2) is 0 Å². The molecule has 1 heterocycles. The summed E-state index contributed by atoms with van der Waals surface area (Å²) in [5, 5.41) is 4.20. The van der Waals surface area contributed by atoms with Crippen molar-refractivity contribution in [2.75, 3.05) is 20.7 Å². The molecular formula is C19H25N3O2. The van der Waals surface area contributed by atoms with Gasteiger partial charge in [0.05, 0.1) is 19.1 Å². The molecule has 1 aromatic heterocycles. The van der Waals surface area contributed by atoms with Crippen molar-refractivity contribution >= 4 is 5.91 Å². The lowest BCUT2D eigenvalue weighted by atomic mass is 9.86. The maximum Gasteiger partial charge on any atom is 0.233 e. The number of nitrogens with zero attached hydrogens (tertiary/aromatic N) is 3. The Morgan fingerprint density at radius 1 is 1.33 bits per heavy atom. The second kappa shape index (κ2) is 5.96. The molecule has 2 aromatic rings. The number of likely N-dealkylation sites (N-methyl/N-ethyl adjacent to an activating group) is 1. The highest BCUT2D eigenvalue weighted by molar-refractivity contribution is 5.93. The third-order valence-electron chi connectivity index (χ3n) is 5.26. The van der Waals surface area contributed by atoms with Crippen LogP contribution in [0, 0.1) is 5.41 Å². The fourth-order valence-corrected chi connectivity index (χ4v) is 3.59. The van der Waals surface area contributed by atoms with Gasteiger partial charge >= 0.3 is 0 Å². The molecule has 0 bridgehead atoms. The number of methoxy groups -OCH3 is 1. The lowest BCUT2D eigenvalue weighted by Gasteiger charge is -2.27. The molecule has 0 spiro atoms. The molecule has 1 saturated carbocycles. The zero-order valence-corrected chi connectivity index (χ0v) is 14.8. The molecule has 0 aliphatic heterocycles. The van der Waals surface area contributed by atoms with E-state index in [1.807, 2.05) is 53.2 Å². The summed E-state index contributed by atoms with van der Waals surface area (Å²) in [5.41, 5.74) is 0.612.